The van der Waals surface area contributed by atoms with Crippen molar-refractivity contribution in [2.24, 2.45) is 0 Å². The minimum Gasteiger partial charge on any atom is -0.486 e. The van der Waals surface area contributed by atoms with Gasteiger partial charge in [0.1, 0.15) is 19.0 Å². The zero-order valence-electron chi connectivity index (χ0n) is 17.4. The standard InChI is InChI=1S/C22H25ClN2O6S/c23-18-13-17(32(27,28)25-15-4-2-1-3-5-15)7-9-19(18)31-14-22(26)24-16-6-8-20-21(12-16)30-11-10-29-20/h6-9,12-13,15,25H,1-5,10-11,14H2,(H,24,26). The van der Waals surface area contributed by atoms with Crippen molar-refractivity contribution in [1.82, 2.24) is 4.72 Å². The molecular formula is C22H25ClN2O6S. The van der Waals surface area contributed by atoms with Gasteiger partial charge in [-0.3, -0.25) is 4.79 Å². The van der Waals surface area contributed by atoms with Gasteiger partial charge in [0.05, 0.1) is 9.92 Å². The van der Waals surface area contributed by atoms with E-state index in [2.05, 4.69) is 10.0 Å². The van der Waals surface area contributed by atoms with Gasteiger partial charge >= 0.3 is 0 Å². The van der Waals surface area contributed by atoms with Crippen molar-refractivity contribution in [3.63, 3.8) is 0 Å². The van der Waals surface area contributed by atoms with E-state index >= 15 is 0 Å². The smallest absolute Gasteiger partial charge is 0.262 e. The Labute approximate surface area is 192 Å². The van der Waals surface area contributed by atoms with Crippen molar-refractivity contribution in [2.75, 3.05) is 25.1 Å². The first-order valence-electron chi connectivity index (χ1n) is 10.5. The number of ether oxygens (including phenoxy) is 3. The number of nitrogens with one attached hydrogen (secondary N) is 2. The molecule has 0 spiro atoms. The number of hydrogen-bond donors (Lipinski definition) is 2. The van der Waals surface area contributed by atoms with Gasteiger partial charge in [-0.1, -0.05) is 30.9 Å². The SMILES string of the molecule is O=C(COc1ccc(S(=O)(=O)NC2CCCCC2)cc1Cl)Nc1ccc2c(c1)OCCO2. The minimum absolute atomic E-state index is 0.0484. The third-order valence-electron chi connectivity index (χ3n) is 5.33. The number of fused-ring (bicyclic) bond motifs is 1. The van der Waals surface area contributed by atoms with Crippen LogP contribution in [0.5, 0.6) is 17.2 Å². The molecule has 10 heteroatoms. The number of benzene rings is 2. The molecule has 2 aromatic carbocycles. The van der Waals surface area contributed by atoms with Crippen molar-refractivity contribution in [2.45, 2.75) is 43.0 Å². The maximum Gasteiger partial charge on any atom is 0.262 e. The Balaban J connectivity index is 1.34. The average molecular weight is 481 g/mol. The second kappa shape index (κ2) is 9.97. The third kappa shape index (κ3) is 5.65. The lowest BCUT2D eigenvalue weighted by molar-refractivity contribution is -0.118. The summed E-state index contributed by atoms with van der Waals surface area (Å²) >= 11 is 6.22. The molecule has 8 nitrogen and oxygen atoms in total. The van der Waals surface area contributed by atoms with Crippen LogP contribution in [-0.4, -0.2) is 40.2 Å². The van der Waals surface area contributed by atoms with Crippen LogP contribution in [0, 0.1) is 0 Å². The fraction of sp³-hybridized carbons (Fsp3) is 0.409. The van der Waals surface area contributed by atoms with E-state index in [0.29, 0.717) is 30.4 Å². The van der Waals surface area contributed by atoms with Crippen LogP contribution in [0.25, 0.3) is 0 Å². The molecule has 0 unspecified atom stereocenters. The summed E-state index contributed by atoms with van der Waals surface area (Å²) in [5.74, 6) is 1.02. The molecule has 0 aromatic heterocycles. The van der Waals surface area contributed by atoms with Crippen LogP contribution in [0.2, 0.25) is 5.02 Å². The van der Waals surface area contributed by atoms with Gasteiger partial charge in [0, 0.05) is 17.8 Å². The van der Waals surface area contributed by atoms with E-state index in [1.807, 2.05) is 0 Å². The Morgan fingerprint density at radius 1 is 1.03 bits per heavy atom. The lowest BCUT2D eigenvalue weighted by Crippen LogP contribution is -2.36. The van der Waals surface area contributed by atoms with Gasteiger partial charge < -0.3 is 19.5 Å². The van der Waals surface area contributed by atoms with Gasteiger partial charge in [-0.15, -0.1) is 0 Å². The quantitative estimate of drug-likeness (QED) is 0.625. The number of carbonyl (C=O) groups is 1. The van der Waals surface area contributed by atoms with Crippen molar-refractivity contribution in [1.29, 1.82) is 0 Å². The number of amides is 1. The van der Waals surface area contributed by atoms with Crippen molar-refractivity contribution < 1.29 is 27.4 Å². The van der Waals surface area contributed by atoms with E-state index in [4.69, 9.17) is 25.8 Å². The van der Waals surface area contributed by atoms with Crippen molar-refractivity contribution >= 4 is 33.2 Å². The predicted octanol–water partition coefficient (Wildman–Crippen LogP) is 3.74. The highest BCUT2D eigenvalue weighted by atomic mass is 35.5. The lowest BCUT2D eigenvalue weighted by atomic mass is 9.96. The van der Waals surface area contributed by atoms with E-state index in [1.165, 1.54) is 18.2 Å². The zero-order chi connectivity index (χ0) is 22.6. The summed E-state index contributed by atoms with van der Waals surface area (Å²) in [5.41, 5.74) is 0.546. The summed E-state index contributed by atoms with van der Waals surface area (Å²) in [5, 5.41) is 2.83. The van der Waals surface area contributed by atoms with E-state index < -0.39 is 15.9 Å². The first kappa shape index (κ1) is 22.7. The lowest BCUT2D eigenvalue weighted by Gasteiger charge is -2.22. The highest BCUT2D eigenvalue weighted by molar-refractivity contribution is 7.89. The summed E-state index contributed by atoms with van der Waals surface area (Å²) in [6, 6.07) is 9.27. The monoisotopic (exact) mass is 480 g/mol. The summed E-state index contributed by atoms with van der Waals surface area (Å²) in [6.07, 6.45) is 4.86. The largest absolute Gasteiger partial charge is 0.486 e. The van der Waals surface area contributed by atoms with Gasteiger partial charge in [-0.2, -0.15) is 0 Å². The van der Waals surface area contributed by atoms with Crippen LogP contribution >= 0.6 is 11.6 Å². The summed E-state index contributed by atoms with van der Waals surface area (Å²) in [7, 11) is -3.67. The van der Waals surface area contributed by atoms with Gasteiger partial charge in [0.25, 0.3) is 5.91 Å². The molecule has 2 aliphatic rings. The molecule has 32 heavy (non-hydrogen) atoms. The Hall–Kier alpha value is -2.49. The van der Waals surface area contributed by atoms with Crippen LogP contribution < -0.4 is 24.2 Å². The normalized spacial score (nSPS) is 16.4. The van der Waals surface area contributed by atoms with Crippen molar-refractivity contribution in [3.8, 4) is 17.2 Å². The van der Waals surface area contributed by atoms with Crippen molar-refractivity contribution in [3.05, 3.63) is 41.4 Å². The Morgan fingerprint density at radius 2 is 1.78 bits per heavy atom. The molecule has 0 radical (unpaired) electrons. The number of anilines is 1. The number of halogens is 1. The highest BCUT2D eigenvalue weighted by Gasteiger charge is 2.23. The molecule has 4 rings (SSSR count). The summed E-state index contributed by atoms with van der Waals surface area (Å²) in [4.78, 5) is 12.3. The topological polar surface area (TPSA) is 103 Å². The molecule has 1 fully saturated rings. The molecule has 172 valence electrons. The second-order valence-corrected chi connectivity index (χ2v) is 9.86. The molecule has 1 aliphatic carbocycles. The maximum atomic E-state index is 12.6. The zero-order valence-corrected chi connectivity index (χ0v) is 19.0. The van der Waals surface area contributed by atoms with Crippen LogP contribution in [-0.2, 0) is 14.8 Å². The Bertz CT molecular complexity index is 1090. The molecule has 2 N–H and O–H groups in total. The fourth-order valence-electron chi connectivity index (χ4n) is 3.74. The first-order chi connectivity index (χ1) is 15.4. The molecule has 0 saturated heterocycles. The molecule has 2 aromatic rings. The summed E-state index contributed by atoms with van der Waals surface area (Å²) < 4.78 is 44.5. The van der Waals surface area contributed by atoms with E-state index in [0.717, 1.165) is 32.1 Å². The number of hydrogen-bond acceptors (Lipinski definition) is 6. The molecule has 1 amide bonds. The second-order valence-electron chi connectivity index (χ2n) is 7.74. The molecular weight excluding hydrogens is 456 g/mol. The Kier molecular flexibility index (Phi) is 7.07. The number of rotatable bonds is 7. The van der Waals surface area contributed by atoms with E-state index in [9.17, 15) is 13.2 Å². The van der Waals surface area contributed by atoms with Crippen LogP contribution in [0.3, 0.4) is 0 Å². The predicted molar refractivity (Wildman–Crippen MR) is 120 cm³/mol. The minimum atomic E-state index is -3.67. The first-order valence-corrected chi connectivity index (χ1v) is 12.4. The molecule has 0 atom stereocenters. The van der Waals surface area contributed by atoms with E-state index in [-0.39, 0.29) is 28.3 Å². The number of sulfonamides is 1. The van der Waals surface area contributed by atoms with Gasteiger partial charge in [0.2, 0.25) is 10.0 Å². The fourth-order valence-corrected chi connectivity index (χ4v) is 5.37. The van der Waals surface area contributed by atoms with Gasteiger partial charge in [-0.25, -0.2) is 13.1 Å². The number of carbonyl (C=O) groups excluding carboxylic acids is 1. The highest BCUT2D eigenvalue weighted by Crippen LogP contribution is 2.33. The molecule has 1 aliphatic heterocycles. The van der Waals surface area contributed by atoms with Gasteiger partial charge in [-0.05, 0) is 43.2 Å². The Morgan fingerprint density at radius 3 is 2.53 bits per heavy atom. The average Bonchev–Trinajstić information content (AvgIpc) is 2.78. The molecule has 0 bridgehead atoms. The van der Waals surface area contributed by atoms with Crippen LogP contribution in [0.4, 0.5) is 5.69 Å². The third-order valence-corrected chi connectivity index (χ3v) is 7.14. The maximum absolute atomic E-state index is 12.6. The van der Waals surface area contributed by atoms with E-state index in [1.54, 1.807) is 18.2 Å². The molecule has 1 saturated carbocycles. The van der Waals surface area contributed by atoms with Gasteiger partial charge in [0.15, 0.2) is 18.1 Å². The summed E-state index contributed by atoms with van der Waals surface area (Å²) in [6.45, 7) is 0.651. The molecule has 1 heterocycles. The van der Waals surface area contributed by atoms with Crippen LogP contribution in [0.1, 0.15) is 32.1 Å². The van der Waals surface area contributed by atoms with Crippen LogP contribution in [0.15, 0.2) is 41.3 Å².